The Bertz CT molecular complexity index is 879. The maximum atomic E-state index is 12.4. The molecule has 0 saturated carbocycles. The zero-order valence-corrected chi connectivity index (χ0v) is 15.0. The quantitative estimate of drug-likeness (QED) is 0.736. The summed E-state index contributed by atoms with van der Waals surface area (Å²) >= 11 is 0. The number of amides is 1. The highest BCUT2D eigenvalue weighted by molar-refractivity contribution is 7.89. The van der Waals surface area contributed by atoms with Gasteiger partial charge in [0.1, 0.15) is 0 Å². The topological polar surface area (TPSA) is 105 Å². The maximum Gasteiger partial charge on any atom is 0.255 e. The van der Waals surface area contributed by atoms with E-state index in [1.807, 2.05) is 19.1 Å². The lowest BCUT2D eigenvalue weighted by molar-refractivity contribution is -0.0686. The molecular weight excluding hydrogens is 356 g/mol. The second-order valence-corrected chi connectivity index (χ2v) is 7.84. The minimum Gasteiger partial charge on any atom is -0.367 e. The number of sulfonamides is 1. The molecule has 0 bridgehead atoms. The first-order chi connectivity index (χ1) is 12.3. The van der Waals surface area contributed by atoms with Gasteiger partial charge in [0.05, 0.1) is 17.5 Å². The third-order valence-electron chi connectivity index (χ3n) is 4.10. The van der Waals surface area contributed by atoms with E-state index in [1.165, 1.54) is 24.3 Å². The SMILES string of the molecule is Cc1ccc(C(=O)Nc2ccc(S(=O)(=O)N[C@H]3CCO[C@@H]3O)cc2)cc1. The molecule has 3 rings (SSSR count). The van der Waals surface area contributed by atoms with Gasteiger partial charge in [0.2, 0.25) is 10.0 Å². The first-order valence-corrected chi connectivity index (χ1v) is 9.63. The van der Waals surface area contributed by atoms with E-state index in [0.717, 1.165) is 5.56 Å². The lowest BCUT2D eigenvalue weighted by Gasteiger charge is -2.15. The number of hydrogen-bond acceptors (Lipinski definition) is 5. The van der Waals surface area contributed by atoms with Crippen molar-refractivity contribution in [1.82, 2.24) is 4.72 Å². The van der Waals surface area contributed by atoms with Gasteiger partial charge in [-0.1, -0.05) is 17.7 Å². The zero-order valence-electron chi connectivity index (χ0n) is 14.2. The monoisotopic (exact) mass is 376 g/mol. The molecule has 0 radical (unpaired) electrons. The summed E-state index contributed by atoms with van der Waals surface area (Å²) in [6.45, 7) is 2.24. The summed E-state index contributed by atoms with van der Waals surface area (Å²) in [5.41, 5.74) is 2.06. The number of aliphatic hydroxyl groups excluding tert-OH is 1. The van der Waals surface area contributed by atoms with E-state index >= 15 is 0 Å². The second-order valence-electron chi connectivity index (χ2n) is 6.12. The molecule has 138 valence electrons. The fourth-order valence-electron chi connectivity index (χ4n) is 2.58. The highest BCUT2D eigenvalue weighted by atomic mass is 32.2. The molecule has 8 heteroatoms. The number of aryl methyl sites for hydroxylation is 1. The molecule has 0 aliphatic carbocycles. The predicted molar refractivity (Wildman–Crippen MR) is 96.3 cm³/mol. The second kappa shape index (κ2) is 7.55. The Labute approximate surface area is 152 Å². The molecule has 3 N–H and O–H groups in total. The number of anilines is 1. The minimum absolute atomic E-state index is 0.0462. The van der Waals surface area contributed by atoms with Crippen molar-refractivity contribution in [3.05, 3.63) is 59.7 Å². The average Bonchev–Trinajstić information content (AvgIpc) is 3.00. The standard InChI is InChI=1S/C18H20N2O5S/c1-12-2-4-13(5-3-12)17(21)19-14-6-8-15(9-7-14)26(23,24)20-16-10-11-25-18(16)22/h2-9,16,18,20,22H,10-11H2,1H3,(H,19,21)/t16-,18-/m0/s1. The highest BCUT2D eigenvalue weighted by Crippen LogP contribution is 2.18. The molecule has 7 nitrogen and oxygen atoms in total. The van der Waals surface area contributed by atoms with Crippen LogP contribution in [0.2, 0.25) is 0 Å². The zero-order chi connectivity index (χ0) is 18.7. The molecule has 0 aromatic heterocycles. The van der Waals surface area contributed by atoms with Gasteiger partial charge in [0.15, 0.2) is 6.29 Å². The van der Waals surface area contributed by atoms with Gasteiger partial charge < -0.3 is 15.2 Å². The summed E-state index contributed by atoms with van der Waals surface area (Å²) in [5, 5.41) is 12.3. The van der Waals surface area contributed by atoms with Gasteiger partial charge in [0.25, 0.3) is 5.91 Å². The van der Waals surface area contributed by atoms with E-state index in [2.05, 4.69) is 10.0 Å². The van der Waals surface area contributed by atoms with Crippen molar-refractivity contribution in [2.45, 2.75) is 30.6 Å². The molecule has 26 heavy (non-hydrogen) atoms. The van der Waals surface area contributed by atoms with Crippen molar-refractivity contribution in [3.63, 3.8) is 0 Å². The first kappa shape index (κ1) is 18.5. The third-order valence-corrected chi connectivity index (χ3v) is 5.61. The number of nitrogens with one attached hydrogen (secondary N) is 2. The molecule has 2 aromatic rings. The number of hydrogen-bond donors (Lipinski definition) is 3. The summed E-state index contributed by atoms with van der Waals surface area (Å²) in [5.74, 6) is -0.273. The van der Waals surface area contributed by atoms with Gasteiger partial charge >= 0.3 is 0 Å². The number of rotatable bonds is 5. The molecule has 1 aliphatic heterocycles. The van der Waals surface area contributed by atoms with Crippen molar-refractivity contribution in [3.8, 4) is 0 Å². The number of ether oxygens (including phenoxy) is 1. The maximum absolute atomic E-state index is 12.4. The van der Waals surface area contributed by atoms with Gasteiger partial charge in [-0.3, -0.25) is 4.79 Å². The molecule has 1 fully saturated rings. The Balaban J connectivity index is 1.67. The van der Waals surface area contributed by atoms with Crippen LogP contribution >= 0.6 is 0 Å². The molecule has 1 saturated heterocycles. The summed E-state index contributed by atoms with van der Waals surface area (Å²) in [7, 11) is -3.78. The Hall–Kier alpha value is -2.26. The highest BCUT2D eigenvalue weighted by Gasteiger charge is 2.30. The van der Waals surface area contributed by atoms with Gasteiger partial charge in [-0.2, -0.15) is 0 Å². The van der Waals surface area contributed by atoms with Crippen LogP contribution in [0, 0.1) is 6.92 Å². The van der Waals surface area contributed by atoms with Crippen LogP contribution in [0.3, 0.4) is 0 Å². The van der Waals surface area contributed by atoms with Crippen LogP contribution in [-0.4, -0.2) is 38.4 Å². The lowest BCUT2D eigenvalue weighted by atomic mass is 10.1. The smallest absolute Gasteiger partial charge is 0.255 e. The fourth-order valence-corrected chi connectivity index (χ4v) is 3.85. The van der Waals surface area contributed by atoms with Gasteiger partial charge in [-0.25, -0.2) is 13.1 Å². The van der Waals surface area contributed by atoms with Gasteiger partial charge in [-0.15, -0.1) is 0 Å². The van der Waals surface area contributed by atoms with E-state index in [4.69, 9.17) is 4.74 Å². The molecule has 1 amide bonds. The molecule has 0 spiro atoms. The van der Waals surface area contributed by atoms with Crippen molar-refractivity contribution in [2.24, 2.45) is 0 Å². The minimum atomic E-state index is -3.78. The van der Waals surface area contributed by atoms with Crippen molar-refractivity contribution in [2.75, 3.05) is 11.9 Å². The summed E-state index contributed by atoms with van der Waals surface area (Å²) in [6, 6.07) is 12.3. The molecular formula is C18H20N2O5S. The first-order valence-electron chi connectivity index (χ1n) is 8.15. The normalized spacial score (nSPS) is 20.1. The average molecular weight is 376 g/mol. The van der Waals surface area contributed by atoms with Crippen LogP contribution in [0.1, 0.15) is 22.3 Å². The fraction of sp³-hybridized carbons (Fsp3) is 0.278. The Morgan fingerprint density at radius 1 is 1.12 bits per heavy atom. The molecule has 1 heterocycles. The number of carbonyl (C=O) groups is 1. The lowest BCUT2D eigenvalue weighted by Crippen LogP contribution is -2.40. The molecule has 2 atom stereocenters. The predicted octanol–water partition coefficient (Wildman–Crippen LogP) is 1.63. The number of carbonyl (C=O) groups excluding carboxylic acids is 1. The third kappa shape index (κ3) is 4.28. The van der Waals surface area contributed by atoms with E-state index in [-0.39, 0.29) is 10.8 Å². The summed E-state index contributed by atoms with van der Waals surface area (Å²) < 4.78 is 32.1. The van der Waals surface area contributed by atoms with Crippen molar-refractivity contribution < 1.29 is 23.1 Å². The Kier molecular flexibility index (Phi) is 5.38. The number of aliphatic hydroxyl groups is 1. The Morgan fingerprint density at radius 2 is 1.77 bits per heavy atom. The van der Waals surface area contributed by atoms with Crippen LogP contribution in [0.5, 0.6) is 0 Å². The van der Waals surface area contributed by atoms with Crippen LogP contribution in [0.25, 0.3) is 0 Å². The van der Waals surface area contributed by atoms with Crippen LogP contribution in [-0.2, 0) is 14.8 Å². The van der Waals surface area contributed by atoms with E-state index in [9.17, 15) is 18.3 Å². The van der Waals surface area contributed by atoms with Crippen LogP contribution in [0.15, 0.2) is 53.4 Å². The van der Waals surface area contributed by atoms with Crippen LogP contribution < -0.4 is 10.0 Å². The number of benzene rings is 2. The largest absolute Gasteiger partial charge is 0.367 e. The summed E-state index contributed by atoms with van der Waals surface area (Å²) in [6.07, 6.45) is -0.733. The van der Waals surface area contributed by atoms with E-state index < -0.39 is 22.4 Å². The molecule has 2 aromatic carbocycles. The van der Waals surface area contributed by atoms with Gasteiger partial charge in [-0.05, 0) is 49.7 Å². The Morgan fingerprint density at radius 3 is 2.35 bits per heavy atom. The summed E-state index contributed by atoms with van der Waals surface area (Å²) in [4.78, 5) is 12.2. The van der Waals surface area contributed by atoms with Gasteiger partial charge in [0, 0.05) is 11.3 Å². The van der Waals surface area contributed by atoms with Crippen LogP contribution in [0.4, 0.5) is 5.69 Å². The van der Waals surface area contributed by atoms with Crippen molar-refractivity contribution >= 4 is 21.6 Å². The molecule has 1 aliphatic rings. The van der Waals surface area contributed by atoms with Crippen molar-refractivity contribution in [1.29, 1.82) is 0 Å². The molecule has 0 unspecified atom stereocenters. The van der Waals surface area contributed by atoms with E-state index in [1.54, 1.807) is 12.1 Å². The van der Waals surface area contributed by atoms with E-state index in [0.29, 0.717) is 24.3 Å².